The second kappa shape index (κ2) is 4.37. The first kappa shape index (κ1) is 13.2. The highest BCUT2D eigenvalue weighted by atomic mass is 14.9. The number of nitrogens with zero attached hydrogens (tertiary/aromatic N) is 1. The minimum absolute atomic E-state index is 0.188. The van der Waals surface area contributed by atoms with E-state index in [-0.39, 0.29) is 5.41 Å². The van der Waals surface area contributed by atoms with Crippen molar-refractivity contribution in [2.45, 2.75) is 39.5 Å². The van der Waals surface area contributed by atoms with Gasteiger partial charge in [-0.05, 0) is 35.6 Å². The molecule has 1 nitrogen and oxygen atoms in total. The number of allylic oxidation sites excluding steroid dienone is 3. The molecule has 0 N–H and O–H groups in total. The summed E-state index contributed by atoms with van der Waals surface area (Å²) in [5, 5.41) is 1.39. The van der Waals surface area contributed by atoms with E-state index in [9.17, 15) is 0 Å². The zero-order valence-electron chi connectivity index (χ0n) is 13.1. The molecule has 1 aliphatic carbocycles. The van der Waals surface area contributed by atoms with Gasteiger partial charge in [0.05, 0.1) is 0 Å². The summed E-state index contributed by atoms with van der Waals surface area (Å²) >= 11 is 0. The molecule has 0 aliphatic heterocycles. The van der Waals surface area contributed by atoms with E-state index in [1.54, 1.807) is 0 Å². The predicted molar refractivity (Wildman–Crippen MR) is 88.2 cm³/mol. The number of hydrogen-bond donors (Lipinski definition) is 0. The smallest absolute Gasteiger partial charge is 0.0489 e. The maximum Gasteiger partial charge on any atom is 0.0489 e. The van der Waals surface area contributed by atoms with Crippen molar-refractivity contribution in [3.8, 4) is 0 Å². The minimum atomic E-state index is 0.188. The van der Waals surface area contributed by atoms with Crippen molar-refractivity contribution in [3.05, 3.63) is 52.7 Å². The Morgan fingerprint density at radius 3 is 2.55 bits per heavy atom. The maximum atomic E-state index is 2.40. The molecule has 0 unspecified atom stereocenters. The van der Waals surface area contributed by atoms with Gasteiger partial charge in [0.15, 0.2) is 0 Å². The Balaban J connectivity index is 2.37. The van der Waals surface area contributed by atoms with Crippen LogP contribution in [0, 0.1) is 6.92 Å². The molecule has 0 fully saturated rings. The first-order valence-electron chi connectivity index (χ1n) is 7.35. The van der Waals surface area contributed by atoms with Gasteiger partial charge < -0.3 is 4.57 Å². The number of hydrogen-bond acceptors (Lipinski definition) is 0. The molecule has 2 aromatic rings. The summed E-state index contributed by atoms with van der Waals surface area (Å²) in [4.78, 5) is 0. The molecule has 0 amide bonds. The third kappa shape index (κ3) is 1.93. The van der Waals surface area contributed by atoms with E-state index in [0.29, 0.717) is 0 Å². The topological polar surface area (TPSA) is 4.93 Å². The zero-order valence-corrected chi connectivity index (χ0v) is 13.1. The van der Waals surface area contributed by atoms with E-state index in [4.69, 9.17) is 0 Å². The third-order valence-electron chi connectivity index (χ3n) is 4.34. The fraction of sp³-hybridized carbons (Fsp3) is 0.368. The molecule has 0 bridgehead atoms. The highest BCUT2D eigenvalue weighted by molar-refractivity contribution is 5.93. The first-order valence-corrected chi connectivity index (χ1v) is 7.35. The lowest BCUT2D eigenvalue weighted by Crippen LogP contribution is -2.13. The van der Waals surface area contributed by atoms with Gasteiger partial charge in [0, 0.05) is 35.6 Å². The molecule has 1 aromatic carbocycles. The SMILES string of the molecule is Cc1cc2c(cc1C(C)(C)C)c1c(n2C)CC=CC=C1. The van der Waals surface area contributed by atoms with E-state index >= 15 is 0 Å². The Hall–Kier alpha value is -1.76. The van der Waals surface area contributed by atoms with Crippen molar-refractivity contribution >= 4 is 17.0 Å². The van der Waals surface area contributed by atoms with Crippen molar-refractivity contribution < 1.29 is 0 Å². The molecule has 0 spiro atoms. The summed E-state index contributed by atoms with van der Waals surface area (Å²) in [6.07, 6.45) is 9.80. The largest absolute Gasteiger partial charge is 0.347 e. The zero-order chi connectivity index (χ0) is 14.5. The highest BCUT2D eigenvalue weighted by Crippen LogP contribution is 2.34. The molecule has 104 valence electrons. The lowest BCUT2D eigenvalue weighted by molar-refractivity contribution is 0.587. The fourth-order valence-corrected chi connectivity index (χ4v) is 3.32. The average molecular weight is 265 g/mol. The van der Waals surface area contributed by atoms with Gasteiger partial charge in [-0.3, -0.25) is 0 Å². The quantitative estimate of drug-likeness (QED) is 0.638. The summed E-state index contributed by atoms with van der Waals surface area (Å²) in [5.74, 6) is 0. The van der Waals surface area contributed by atoms with Crippen LogP contribution in [-0.2, 0) is 18.9 Å². The van der Waals surface area contributed by atoms with E-state index < -0.39 is 0 Å². The van der Waals surface area contributed by atoms with Crippen molar-refractivity contribution in [1.82, 2.24) is 4.57 Å². The van der Waals surface area contributed by atoms with Crippen molar-refractivity contribution in [2.75, 3.05) is 0 Å². The van der Waals surface area contributed by atoms with E-state index in [0.717, 1.165) is 6.42 Å². The van der Waals surface area contributed by atoms with Crippen LogP contribution in [0.5, 0.6) is 0 Å². The van der Waals surface area contributed by atoms with Crippen LogP contribution in [0.3, 0.4) is 0 Å². The van der Waals surface area contributed by atoms with Crippen LogP contribution in [0.2, 0.25) is 0 Å². The lowest BCUT2D eigenvalue weighted by atomic mass is 9.83. The predicted octanol–water partition coefficient (Wildman–Crippen LogP) is 4.91. The van der Waals surface area contributed by atoms with Gasteiger partial charge in [-0.25, -0.2) is 0 Å². The monoisotopic (exact) mass is 265 g/mol. The fourth-order valence-electron chi connectivity index (χ4n) is 3.32. The highest BCUT2D eigenvalue weighted by Gasteiger charge is 2.20. The number of rotatable bonds is 0. The summed E-state index contributed by atoms with van der Waals surface area (Å²) in [7, 11) is 2.18. The normalized spacial score (nSPS) is 14.7. The Kier molecular flexibility index (Phi) is 2.89. The van der Waals surface area contributed by atoms with E-state index in [2.05, 4.69) is 75.7 Å². The summed E-state index contributed by atoms with van der Waals surface area (Å²) in [6, 6.07) is 4.75. The summed E-state index contributed by atoms with van der Waals surface area (Å²) in [6.45, 7) is 9.11. The molecule has 20 heavy (non-hydrogen) atoms. The van der Waals surface area contributed by atoms with Gasteiger partial charge in [0.25, 0.3) is 0 Å². The molecule has 1 heteroatoms. The Bertz CT molecular complexity index is 733. The van der Waals surface area contributed by atoms with Crippen LogP contribution in [-0.4, -0.2) is 4.57 Å². The van der Waals surface area contributed by atoms with Crippen molar-refractivity contribution in [1.29, 1.82) is 0 Å². The van der Waals surface area contributed by atoms with Gasteiger partial charge in [-0.1, -0.05) is 45.1 Å². The molecular formula is C19H23N. The first-order chi connectivity index (χ1) is 9.39. The van der Waals surface area contributed by atoms with Gasteiger partial charge >= 0.3 is 0 Å². The van der Waals surface area contributed by atoms with Gasteiger partial charge in [-0.15, -0.1) is 0 Å². The lowest BCUT2D eigenvalue weighted by Gasteiger charge is -2.22. The Morgan fingerprint density at radius 2 is 1.85 bits per heavy atom. The standard InChI is InChI=1S/C19H23N/c1-13-11-18-15(12-16(13)19(2,3)4)14-9-7-6-8-10-17(14)20(18)5/h6-9,11-12H,10H2,1-5H3. The van der Waals surface area contributed by atoms with Crippen LogP contribution in [0.25, 0.3) is 17.0 Å². The molecule has 1 aliphatic rings. The van der Waals surface area contributed by atoms with Gasteiger partial charge in [0.1, 0.15) is 0 Å². The Morgan fingerprint density at radius 1 is 1.10 bits per heavy atom. The summed E-state index contributed by atoms with van der Waals surface area (Å²) in [5.41, 5.74) is 7.17. The summed E-state index contributed by atoms with van der Waals surface area (Å²) < 4.78 is 2.35. The molecule has 0 saturated heterocycles. The van der Waals surface area contributed by atoms with E-state index in [1.807, 2.05) is 0 Å². The van der Waals surface area contributed by atoms with Gasteiger partial charge in [-0.2, -0.15) is 0 Å². The molecule has 1 aromatic heterocycles. The van der Waals surface area contributed by atoms with Gasteiger partial charge in [0.2, 0.25) is 0 Å². The molecule has 3 rings (SSSR count). The van der Waals surface area contributed by atoms with Crippen molar-refractivity contribution in [2.24, 2.45) is 7.05 Å². The van der Waals surface area contributed by atoms with E-state index in [1.165, 1.54) is 33.3 Å². The number of aryl methyl sites for hydroxylation is 2. The molecule has 0 saturated carbocycles. The molecule has 0 radical (unpaired) electrons. The number of aromatic nitrogens is 1. The van der Waals surface area contributed by atoms with Crippen molar-refractivity contribution in [3.63, 3.8) is 0 Å². The molecule has 1 heterocycles. The molecular weight excluding hydrogens is 242 g/mol. The van der Waals surface area contributed by atoms with Crippen LogP contribution >= 0.6 is 0 Å². The third-order valence-corrected chi connectivity index (χ3v) is 4.34. The van der Waals surface area contributed by atoms with Crippen LogP contribution < -0.4 is 0 Å². The van der Waals surface area contributed by atoms with Crippen LogP contribution in [0.1, 0.15) is 43.2 Å². The molecule has 0 atom stereocenters. The Labute approximate surface area is 121 Å². The number of benzene rings is 1. The van der Waals surface area contributed by atoms with Crippen LogP contribution in [0.15, 0.2) is 30.4 Å². The minimum Gasteiger partial charge on any atom is -0.347 e. The van der Waals surface area contributed by atoms with Crippen LogP contribution in [0.4, 0.5) is 0 Å². The second-order valence-corrected chi connectivity index (χ2v) is 6.85. The number of fused-ring (bicyclic) bond motifs is 3. The second-order valence-electron chi connectivity index (χ2n) is 6.85. The maximum absolute atomic E-state index is 2.40. The average Bonchev–Trinajstić information content (AvgIpc) is 2.56.